The molecule has 0 spiro atoms. The summed E-state index contributed by atoms with van der Waals surface area (Å²) in [5, 5.41) is 22.1. The molecule has 54 heavy (non-hydrogen) atoms. The number of fused-ring (bicyclic) bond motifs is 7. The van der Waals surface area contributed by atoms with Gasteiger partial charge in [0.1, 0.15) is 0 Å². The molecule has 1 aromatic rings. The van der Waals surface area contributed by atoms with E-state index >= 15 is 0 Å². The fourth-order valence-corrected chi connectivity index (χ4v) is 14.0. The number of hydrogen-bond donors (Lipinski definition) is 2. The first-order valence-corrected chi connectivity index (χ1v) is 21.2. The lowest BCUT2D eigenvalue weighted by Crippen LogP contribution is -2.65. The zero-order valence-electron chi connectivity index (χ0n) is 34.8. The van der Waals surface area contributed by atoms with Crippen molar-refractivity contribution in [3.05, 3.63) is 52.6 Å². The Morgan fingerprint density at radius 2 is 1.57 bits per heavy atom. The van der Waals surface area contributed by atoms with Crippen LogP contribution in [0.5, 0.6) is 0 Å². The Kier molecular flexibility index (Phi) is 10.0. The van der Waals surface area contributed by atoms with Crippen molar-refractivity contribution in [2.24, 2.45) is 56.7 Å². The van der Waals surface area contributed by atoms with Gasteiger partial charge in [-0.2, -0.15) is 0 Å². The predicted octanol–water partition coefficient (Wildman–Crippen LogP) is 8.91. The molecular weight excluding hydrogens is 673 g/mol. The third kappa shape index (κ3) is 5.91. The van der Waals surface area contributed by atoms with Gasteiger partial charge in [0, 0.05) is 24.9 Å². The van der Waals surface area contributed by atoms with Crippen molar-refractivity contribution < 1.29 is 24.6 Å². The minimum Gasteiger partial charge on any atom is -0.478 e. The van der Waals surface area contributed by atoms with E-state index in [4.69, 9.17) is 0 Å². The maximum Gasteiger partial charge on any atom is 0.335 e. The van der Waals surface area contributed by atoms with Gasteiger partial charge < -0.3 is 20.0 Å². The third-order valence-corrected chi connectivity index (χ3v) is 17.0. The number of nitrogens with zero attached hydrogens (tertiary/aromatic N) is 2. The zero-order chi connectivity index (χ0) is 39.2. The van der Waals surface area contributed by atoms with Gasteiger partial charge in [-0.3, -0.25) is 9.59 Å². The average Bonchev–Trinajstić information content (AvgIpc) is 3.38. The molecule has 8 atom stereocenters. The molecule has 7 rings (SSSR count). The van der Waals surface area contributed by atoms with Gasteiger partial charge >= 0.3 is 5.97 Å². The van der Waals surface area contributed by atoms with E-state index in [9.17, 15) is 24.6 Å². The number of aromatic carboxylic acids is 1. The number of carbonyl (C=O) groups is 3. The van der Waals surface area contributed by atoms with Crippen molar-refractivity contribution in [2.75, 3.05) is 33.7 Å². The Morgan fingerprint density at radius 1 is 0.889 bits per heavy atom. The van der Waals surface area contributed by atoms with Crippen LogP contribution in [0.4, 0.5) is 0 Å². The van der Waals surface area contributed by atoms with Crippen molar-refractivity contribution >= 4 is 23.2 Å². The summed E-state index contributed by atoms with van der Waals surface area (Å²) in [5.74, 6) is 1.25. The summed E-state index contributed by atoms with van der Waals surface area (Å²) >= 11 is 0. The highest BCUT2D eigenvalue weighted by molar-refractivity contribution is 6.01. The van der Waals surface area contributed by atoms with Gasteiger partial charge in [0.25, 0.3) is 0 Å². The van der Waals surface area contributed by atoms with E-state index in [0.29, 0.717) is 49.4 Å². The number of rotatable bonds is 10. The largest absolute Gasteiger partial charge is 0.478 e. The standard InChI is InChI=1S/C47H68N2O5/c1-29(2)40-35(50)25-47(38(51)27-49(26-30-11-10-12-30)39(52)28-48(8)9)24-23-45(6)34(41(40)47)17-18-37-44(5)21-19-33(31-13-15-32(16-14-31)42(53)54)43(3,4)36(44)20-22-46(37,45)7/h13-16,19,29-30,34,36-38,51H,10-12,17-18,20-28H2,1-9H3,(H,53,54)/t34-,36-,37-,38+,44+,45-,46-,47+/m1/s1. The number of carboxylic acid groups (broad SMARTS) is 1. The van der Waals surface area contributed by atoms with Crippen LogP contribution >= 0.6 is 0 Å². The molecule has 1 aromatic carbocycles. The van der Waals surface area contributed by atoms with Crippen molar-refractivity contribution in [2.45, 2.75) is 125 Å². The van der Waals surface area contributed by atoms with E-state index in [1.54, 1.807) is 12.1 Å². The summed E-state index contributed by atoms with van der Waals surface area (Å²) in [5.41, 5.74) is 4.54. The van der Waals surface area contributed by atoms with Crippen molar-refractivity contribution in [1.29, 1.82) is 0 Å². The lowest BCUT2D eigenvalue weighted by Gasteiger charge is -2.71. The van der Waals surface area contributed by atoms with Gasteiger partial charge in [0.2, 0.25) is 5.91 Å². The Hall–Kier alpha value is -2.77. The summed E-state index contributed by atoms with van der Waals surface area (Å²) in [6, 6.07) is 7.47. The number of benzene rings is 1. The lowest BCUT2D eigenvalue weighted by atomic mass is 9.33. The van der Waals surface area contributed by atoms with Crippen molar-refractivity contribution in [3.8, 4) is 0 Å². The van der Waals surface area contributed by atoms with Gasteiger partial charge in [-0.25, -0.2) is 4.79 Å². The number of allylic oxidation sites excluding steroid dienone is 3. The number of hydrogen-bond acceptors (Lipinski definition) is 5. The van der Waals surface area contributed by atoms with Gasteiger partial charge in [0.15, 0.2) is 5.78 Å². The van der Waals surface area contributed by atoms with Crippen LogP contribution in [0.15, 0.2) is 41.5 Å². The van der Waals surface area contributed by atoms with Crippen LogP contribution in [0.1, 0.15) is 135 Å². The normalized spacial score (nSPS) is 36.5. The molecule has 0 heterocycles. The van der Waals surface area contributed by atoms with E-state index < -0.39 is 17.5 Å². The van der Waals surface area contributed by atoms with E-state index in [0.717, 1.165) is 68.9 Å². The van der Waals surface area contributed by atoms with Gasteiger partial charge in [-0.05, 0) is 152 Å². The quantitative estimate of drug-likeness (QED) is 0.249. The number of carboxylic acids is 1. The first-order chi connectivity index (χ1) is 25.3. The molecule has 1 amide bonds. The second kappa shape index (κ2) is 13.7. The second-order valence-corrected chi connectivity index (χ2v) is 20.6. The molecule has 6 aliphatic rings. The summed E-state index contributed by atoms with van der Waals surface area (Å²) in [6.07, 6.45) is 12.8. The second-order valence-electron chi connectivity index (χ2n) is 20.6. The van der Waals surface area contributed by atoms with Crippen LogP contribution in [0.2, 0.25) is 0 Å². The third-order valence-electron chi connectivity index (χ3n) is 17.0. The fraction of sp³-hybridized carbons (Fsp3) is 0.723. The molecule has 0 aliphatic heterocycles. The first-order valence-electron chi connectivity index (χ1n) is 21.2. The summed E-state index contributed by atoms with van der Waals surface area (Å²) in [7, 11) is 3.86. The van der Waals surface area contributed by atoms with Crippen LogP contribution in [0, 0.1) is 56.7 Å². The monoisotopic (exact) mass is 741 g/mol. The van der Waals surface area contributed by atoms with Crippen LogP contribution in [-0.4, -0.2) is 77.5 Å². The predicted molar refractivity (Wildman–Crippen MR) is 215 cm³/mol. The number of aliphatic hydroxyl groups excluding tert-OH is 1. The molecule has 7 heteroatoms. The number of aliphatic hydroxyl groups is 1. The molecule has 0 unspecified atom stereocenters. The summed E-state index contributed by atoms with van der Waals surface area (Å²) < 4.78 is 0. The van der Waals surface area contributed by atoms with Crippen LogP contribution in [0.25, 0.3) is 5.57 Å². The molecule has 0 aromatic heterocycles. The highest BCUT2D eigenvalue weighted by Gasteiger charge is 2.70. The Bertz CT molecular complexity index is 1740. The Labute approximate surface area is 325 Å². The van der Waals surface area contributed by atoms with Gasteiger partial charge in [0.05, 0.1) is 18.2 Å². The molecule has 296 valence electrons. The van der Waals surface area contributed by atoms with Gasteiger partial charge in [-0.15, -0.1) is 0 Å². The smallest absolute Gasteiger partial charge is 0.335 e. The summed E-state index contributed by atoms with van der Waals surface area (Å²) in [6.45, 7) is 18.2. The number of carbonyl (C=O) groups excluding carboxylic acids is 2. The van der Waals surface area contributed by atoms with E-state index in [-0.39, 0.29) is 45.2 Å². The minimum atomic E-state index is -0.893. The van der Waals surface area contributed by atoms with Crippen LogP contribution < -0.4 is 0 Å². The summed E-state index contributed by atoms with van der Waals surface area (Å²) in [4.78, 5) is 43.4. The molecule has 4 fully saturated rings. The Morgan fingerprint density at radius 3 is 2.17 bits per heavy atom. The molecule has 0 saturated heterocycles. The number of Topliss-reactive ketones (excluding diaryl/α,β-unsaturated/α-hetero) is 1. The molecule has 4 saturated carbocycles. The minimum absolute atomic E-state index is 0.0135. The first kappa shape index (κ1) is 39.5. The molecule has 6 aliphatic carbocycles. The molecule has 2 N–H and O–H groups in total. The molecular formula is C47H68N2O5. The molecule has 7 nitrogen and oxygen atoms in total. The Balaban J connectivity index is 1.22. The van der Waals surface area contributed by atoms with Crippen LogP contribution in [0.3, 0.4) is 0 Å². The maximum atomic E-state index is 14.2. The molecule has 0 radical (unpaired) electrons. The highest BCUT2D eigenvalue weighted by Crippen LogP contribution is 2.77. The van der Waals surface area contributed by atoms with E-state index in [1.807, 2.05) is 36.0 Å². The SMILES string of the molecule is CC(C)C1=C2[C@H]3CC[C@@H]4[C@@]5(C)CC=C(c6ccc(C(=O)O)cc6)C(C)(C)[C@H]5CC[C@@]4(C)[C@]3(C)CC[C@@]2([C@@H](O)CN(CC2CCC2)C(=O)CN(C)C)CC1=O. The fourth-order valence-electron chi connectivity index (χ4n) is 14.0. The molecule has 0 bridgehead atoms. The van der Waals surface area contributed by atoms with Crippen molar-refractivity contribution in [3.63, 3.8) is 0 Å². The number of ketones is 1. The number of amides is 1. The topological polar surface area (TPSA) is 98.2 Å². The zero-order valence-corrected chi connectivity index (χ0v) is 34.8. The van der Waals surface area contributed by atoms with E-state index in [1.165, 1.54) is 17.6 Å². The average molecular weight is 741 g/mol. The van der Waals surface area contributed by atoms with Gasteiger partial charge in [-0.1, -0.05) is 78.7 Å². The van der Waals surface area contributed by atoms with E-state index in [2.05, 4.69) is 54.5 Å². The number of likely N-dealkylation sites (N-methyl/N-ethyl adjacent to an activating group) is 1. The van der Waals surface area contributed by atoms with Crippen LogP contribution in [-0.2, 0) is 9.59 Å². The lowest BCUT2D eigenvalue weighted by molar-refractivity contribution is -0.200. The maximum absolute atomic E-state index is 14.2. The highest BCUT2D eigenvalue weighted by atomic mass is 16.4. The van der Waals surface area contributed by atoms with Crippen molar-refractivity contribution in [1.82, 2.24) is 9.80 Å².